The second kappa shape index (κ2) is 4.85. The number of fused-ring (bicyclic) bond motifs is 1. The van der Waals surface area contributed by atoms with E-state index in [1.807, 2.05) is 0 Å². The maximum Gasteiger partial charge on any atom is 0.323 e. The number of hydrogen-bond donors (Lipinski definition) is 2. The van der Waals surface area contributed by atoms with E-state index in [4.69, 9.17) is 5.11 Å². The van der Waals surface area contributed by atoms with Gasteiger partial charge in [0.05, 0.1) is 5.52 Å². The van der Waals surface area contributed by atoms with Gasteiger partial charge in [0.2, 0.25) is 10.0 Å². The van der Waals surface area contributed by atoms with Crippen molar-refractivity contribution in [3.63, 3.8) is 0 Å². The van der Waals surface area contributed by atoms with Gasteiger partial charge in [-0.1, -0.05) is 6.07 Å². The largest absolute Gasteiger partial charge is 0.480 e. The molecule has 0 spiro atoms. The zero-order valence-electron chi connectivity index (χ0n) is 10.1. The van der Waals surface area contributed by atoms with Crippen LogP contribution in [-0.4, -0.2) is 29.7 Å². The number of nitrogens with zero attached hydrogens (tertiary/aromatic N) is 1. The summed E-state index contributed by atoms with van der Waals surface area (Å²) in [6, 6.07) is 8.34. The van der Waals surface area contributed by atoms with Crippen LogP contribution in [0.4, 0.5) is 5.69 Å². The van der Waals surface area contributed by atoms with Crippen molar-refractivity contribution in [2.24, 2.45) is 0 Å². The first-order chi connectivity index (χ1) is 8.90. The lowest BCUT2D eigenvalue weighted by molar-refractivity contribution is -0.136. The van der Waals surface area contributed by atoms with E-state index in [0.717, 1.165) is 17.8 Å². The molecule has 0 fully saturated rings. The number of carbonyl (C=O) groups is 1. The second-order valence-electron chi connectivity index (χ2n) is 4.04. The lowest BCUT2D eigenvalue weighted by Crippen LogP contribution is -2.32. The SMILES string of the molecule is CC(C(=O)O)S(=O)(=O)Nc1ccc2ncccc2c1. The van der Waals surface area contributed by atoms with Gasteiger partial charge in [0.25, 0.3) is 0 Å². The highest BCUT2D eigenvalue weighted by Crippen LogP contribution is 2.19. The molecule has 0 amide bonds. The minimum atomic E-state index is -3.95. The zero-order valence-corrected chi connectivity index (χ0v) is 10.9. The predicted molar refractivity (Wildman–Crippen MR) is 71.4 cm³/mol. The maximum absolute atomic E-state index is 11.8. The monoisotopic (exact) mass is 280 g/mol. The smallest absolute Gasteiger partial charge is 0.323 e. The topological polar surface area (TPSA) is 96.4 Å². The standard InChI is InChI=1S/C12H12N2O4S/c1-8(12(15)16)19(17,18)14-10-4-5-11-9(7-10)3-2-6-13-11/h2-8,14H,1H3,(H,15,16). The molecule has 0 aliphatic carbocycles. The van der Waals surface area contributed by atoms with Gasteiger partial charge in [-0.15, -0.1) is 0 Å². The van der Waals surface area contributed by atoms with E-state index in [1.54, 1.807) is 36.5 Å². The third-order valence-corrected chi connectivity index (χ3v) is 4.33. The zero-order chi connectivity index (χ0) is 14.0. The van der Waals surface area contributed by atoms with Gasteiger partial charge in [0.15, 0.2) is 5.25 Å². The van der Waals surface area contributed by atoms with Crippen molar-refractivity contribution in [2.45, 2.75) is 12.2 Å². The first-order valence-electron chi connectivity index (χ1n) is 5.49. The second-order valence-corrected chi connectivity index (χ2v) is 6.04. The number of benzene rings is 1. The van der Waals surface area contributed by atoms with Crippen LogP contribution in [0.25, 0.3) is 10.9 Å². The molecule has 1 aromatic carbocycles. The normalized spacial score (nSPS) is 13.1. The first kappa shape index (κ1) is 13.3. The molecule has 19 heavy (non-hydrogen) atoms. The third kappa shape index (κ3) is 2.82. The van der Waals surface area contributed by atoms with Crippen LogP contribution in [0.5, 0.6) is 0 Å². The van der Waals surface area contributed by atoms with Gasteiger partial charge in [-0.05, 0) is 31.2 Å². The van der Waals surface area contributed by atoms with Crippen molar-refractivity contribution in [3.8, 4) is 0 Å². The molecule has 0 saturated heterocycles. The summed E-state index contributed by atoms with van der Waals surface area (Å²) < 4.78 is 25.8. The Morgan fingerprint density at radius 2 is 2.11 bits per heavy atom. The molecule has 2 rings (SSSR count). The number of pyridine rings is 1. The average Bonchev–Trinajstić information content (AvgIpc) is 2.37. The summed E-state index contributed by atoms with van der Waals surface area (Å²) in [5, 5.41) is 7.99. The van der Waals surface area contributed by atoms with Crippen molar-refractivity contribution >= 4 is 32.6 Å². The molecule has 1 aromatic heterocycles. The molecule has 1 atom stereocenters. The lowest BCUT2D eigenvalue weighted by atomic mass is 10.2. The predicted octanol–water partition coefficient (Wildman–Crippen LogP) is 1.45. The van der Waals surface area contributed by atoms with Gasteiger partial charge in [-0.3, -0.25) is 14.5 Å². The fourth-order valence-electron chi connectivity index (χ4n) is 1.52. The van der Waals surface area contributed by atoms with Gasteiger partial charge in [0.1, 0.15) is 0 Å². The number of anilines is 1. The first-order valence-corrected chi connectivity index (χ1v) is 7.04. The molecule has 0 bridgehead atoms. The van der Waals surface area contributed by atoms with Crippen molar-refractivity contribution in [3.05, 3.63) is 36.5 Å². The van der Waals surface area contributed by atoms with Gasteiger partial charge in [-0.25, -0.2) is 8.42 Å². The number of nitrogens with one attached hydrogen (secondary N) is 1. The van der Waals surface area contributed by atoms with Crippen molar-refractivity contribution in [2.75, 3.05) is 4.72 Å². The van der Waals surface area contributed by atoms with E-state index in [0.29, 0.717) is 5.69 Å². The Hall–Kier alpha value is -2.15. The van der Waals surface area contributed by atoms with E-state index in [-0.39, 0.29) is 0 Å². The molecular weight excluding hydrogens is 268 g/mol. The Morgan fingerprint density at radius 3 is 2.79 bits per heavy atom. The van der Waals surface area contributed by atoms with E-state index in [2.05, 4.69) is 9.71 Å². The fourth-order valence-corrected chi connectivity index (χ4v) is 2.42. The van der Waals surface area contributed by atoms with E-state index in [1.165, 1.54) is 0 Å². The van der Waals surface area contributed by atoms with E-state index >= 15 is 0 Å². The number of sulfonamides is 1. The Balaban J connectivity index is 2.34. The van der Waals surface area contributed by atoms with Gasteiger partial charge < -0.3 is 5.11 Å². The summed E-state index contributed by atoms with van der Waals surface area (Å²) in [6.07, 6.45) is 1.64. The highest BCUT2D eigenvalue weighted by Gasteiger charge is 2.27. The summed E-state index contributed by atoms with van der Waals surface area (Å²) in [6.45, 7) is 1.12. The van der Waals surface area contributed by atoms with E-state index < -0.39 is 21.2 Å². The molecule has 6 nitrogen and oxygen atoms in total. The number of aromatic nitrogens is 1. The van der Waals surface area contributed by atoms with Crippen LogP contribution >= 0.6 is 0 Å². The van der Waals surface area contributed by atoms with Gasteiger partial charge >= 0.3 is 5.97 Å². The fraction of sp³-hybridized carbons (Fsp3) is 0.167. The molecule has 100 valence electrons. The molecule has 7 heteroatoms. The maximum atomic E-state index is 11.8. The van der Waals surface area contributed by atoms with Crippen LogP contribution in [-0.2, 0) is 14.8 Å². The third-order valence-electron chi connectivity index (χ3n) is 2.68. The number of hydrogen-bond acceptors (Lipinski definition) is 4. The van der Waals surface area contributed by atoms with Gasteiger partial charge in [-0.2, -0.15) is 0 Å². The quantitative estimate of drug-likeness (QED) is 0.883. The Morgan fingerprint density at radius 1 is 1.37 bits per heavy atom. The molecule has 1 heterocycles. The Kier molecular flexibility index (Phi) is 3.39. The molecular formula is C12H12N2O4S. The molecule has 1 unspecified atom stereocenters. The van der Waals surface area contributed by atoms with Crippen LogP contribution in [0.1, 0.15) is 6.92 Å². The van der Waals surface area contributed by atoms with Crippen LogP contribution < -0.4 is 4.72 Å². The number of carboxylic acid groups (broad SMARTS) is 1. The van der Waals surface area contributed by atoms with Crippen LogP contribution in [0, 0.1) is 0 Å². The Labute approximate surface area is 110 Å². The minimum absolute atomic E-state index is 0.314. The minimum Gasteiger partial charge on any atom is -0.480 e. The Bertz CT molecular complexity index is 727. The molecule has 0 aliphatic rings. The molecule has 2 N–H and O–H groups in total. The van der Waals surface area contributed by atoms with Crippen molar-refractivity contribution in [1.82, 2.24) is 4.98 Å². The summed E-state index contributed by atoms with van der Waals surface area (Å²) in [7, 11) is -3.95. The summed E-state index contributed by atoms with van der Waals surface area (Å²) in [5.74, 6) is -1.39. The average molecular weight is 280 g/mol. The van der Waals surface area contributed by atoms with Crippen LogP contribution in [0.2, 0.25) is 0 Å². The van der Waals surface area contributed by atoms with Gasteiger partial charge in [0, 0.05) is 17.3 Å². The molecule has 2 aromatic rings. The molecule has 0 saturated carbocycles. The number of aliphatic carboxylic acids is 1. The lowest BCUT2D eigenvalue weighted by Gasteiger charge is -2.11. The van der Waals surface area contributed by atoms with Crippen molar-refractivity contribution in [1.29, 1.82) is 0 Å². The van der Waals surface area contributed by atoms with Crippen LogP contribution in [0.3, 0.4) is 0 Å². The highest BCUT2D eigenvalue weighted by atomic mass is 32.2. The molecule has 0 radical (unpaired) electrons. The highest BCUT2D eigenvalue weighted by molar-refractivity contribution is 7.94. The van der Waals surface area contributed by atoms with E-state index in [9.17, 15) is 13.2 Å². The van der Waals surface area contributed by atoms with Crippen LogP contribution in [0.15, 0.2) is 36.5 Å². The summed E-state index contributed by atoms with van der Waals surface area (Å²) in [4.78, 5) is 14.8. The van der Waals surface area contributed by atoms with Crippen molar-refractivity contribution < 1.29 is 18.3 Å². The number of rotatable bonds is 4. The summed E-state index contributed by atoms with van der Waals surface area (Å²) >= 11 is 0. The summed E-state index contributed by atoms with van der Waals surface area (Å²) in [5.41, 5.74) is 1.05. The number of carboxylic acids is 1. The molecule has 0 aliphatic heterocycles.